The van der Waals surface area contributed by atoms with Crippen LogP contribution >= 0.6 is 0 Å². The van der Waals surface area contributed by atoms with Crippen molar-refractivity contribution in [2.45, 2.75) is 13.5 Å². The molecule has 1 aliphatic heterocycles. The second kappa shape index (κ2) is 8.43. The predicted molar refractivity (Wildman–Crippen MR) is 111 cm³/mol. The number of aryl methyl sites for hydroxylation is 1. The summed E-state index contributed by atoms with van der Waals surface area (Å²) in [7, 11) is 0. The zero-order chi connectivity index (χ0) is 20.2. The van der Waals surface area contributed by atoms with E-state index < -0.39 is 0 Å². The number of anilines is 3. The zero-order valence-electron chi connectivity index (χ0n) is 16.3. The topological polar surface area (TPSA) is 44.3 Å². The van der Waals surface area contributed by atoms with E-state index in [-0.39, 0.29) is 11.6 Å². The third-order valence-corrected chi connectivity index (χ3v) is 5.00. The van der Waals surface area contributed by atoms with E-state index in [2.05, 4.69) is 25.1 Å². The van der Waals surface area contributed by atoms with Gasteiger partial charge >= 0.3 is 0 Å². The van der Waals surface area contributed by atoms with Crippen molar-refractivity contribution in [2.75, 3.05) is 41.3 Å². The van der Waals surface area contributed by atoms with Crippen LogP contribution in [0.15, 0.2) is 54.6 Å². The second-order valence-electron chi connectivity index (χ2n) is 7.10. The molecule has 0 radical (unpaired) electrons. The van der Waals surface area contributed by atoms with Crippen molar-refractivity contribution in [1.29, 1.82) is 0 Å². The van der Waals surface area contributed by atoms with Crippen LogP contribution in [0, 0.1) is 18.6 Å². The summed E-state index contributed by atoms with van der Waals surface area (Å²) in [5.74, 6) is 0.955. The number of piperazine rings is 1. The predicted octanol–water partition coefficient (Wildman–Crippen LogP) is 4.00. The average Bonchev–Trinajstić information content (AvgIpc) is 2.73. The largest absolute Gasteiger partial charge is 0.366 e. The highest BCUT2D eigenvalue weighted by Gasteiger charge is 2.21. The smallest absolute Gasteiger partial charge is 0.225 e. The Labute approximate surface area is 169 Å². The van der Waals surface area contributed by atoms with Gasteiger partial charge in [-0.15, -0.1) is 0 Å². The molecule has 1 N–H and O–H groups in total. The molecule has 1 saturated heterocycles. The van der Waals surface area contributed by atoms with E-state index in [1.165, 1.54) is 18.2 Å². The number of benzene rings is 2. The van der Waals surface area contributed by atoms with Crippen LogP contribution in [0.5, 0.6) is 0 Å². The maximum absolute atomic E-state index is 14.0. The number of para-hydroxylation sites is 1. The molecule has 0 amide bonds. The molecule has 0 spiro atoms. The first-order valence-corrected chi connectivity index (χ1v) is 9.67. The standard InChI is InChI=1S/C22H23F2N5/c1-16-14-21(27-22(26-16)25-15-17-6-8-18(23)9-7-17)29-12-10-28(11-13-29)20-5-3-2-4-19(20)24/h2-9,14H,10-13,15H2,1H3,(H,25,26,27). The van der Waals surface area contributed by atoms with Gasteiger partial charge in [-0.05, 0) is 36.8 Å². The first kappa shape index (κ1) is 19.1. The minimum Gasteiger partial charge on any atom is -0.366 e. The fraction of sp³-hybridized carbons (Fsp3) is 0.273. The minimum absolute atomic E-state index is 0.189. The number of aromatic nitrogens is 2. The molecule has 1 aliphatic rings. The molecule has 0 bridgehead atoms. The third-order valence-electron chi connectivity index (χ3n) is 5.00. The Hall–Kier alpha value is -3.22. The van der Waals surface area contributed by atoms with E-state index in [1.807, 2.05) is 25.1 Å². The molecule has 1 aromatic heterocycles. The SMILES string of the molecule is Cc1cc(N2CCN(c3ccccc3F)CC2)nc(NCc2ccc(F)cc2)n1. The number of hydrogen-bond donors (Lipinski definition) is 1. The van der Waals surface area contributed by atoms with Gasteiger partial charge < -0.3 is 15.1 Å². The Balaban J connectivity index is 1.41. The van der Waals surface area contributed by atoms with Gasteiger partial charge in [-0.1, -0.05) is 24.3 Å². The van der Waals surface area contributed by atoms with E-state index in [9.17, 15) is 8.78 Å². The summed E-state index contributed by atoms with van der Waals surface area (Å²) in [4.78, 5) is 13.3. The van der Waals surface area contributed by atoms with E-state index >= 15 is 0 Å². The van der Waals surface area contributed by atoms with E-state index in [4.69, 9.17) is 0 Å². The van der Waals surface area contributed by atoms with Crippen molar-refractivity contribution in [3.05, 3.63) is 77.5 Å². The first-order chi connectivity index (χ1) is 14.1. The molecule has 2 aromatic carbocycles. The summed E-state index contributed by atoms with van der Waals surface area (Å²) in [5, 5.41) is 3.21. The van der Waals surface area contributed by atoms with Gasteiger partial charge in [-0.2, -0.15) is 4.98 Å². The van der Waals surface area contributed by atoms with Gasteiger partial charge in [0.1, 0.15) is 17.5 Å². The lowest BCUT2D eigenvalue weighted by atomic mass is 10.2. The van der Waals surface area contributed by atoms with Crippen molar-refractivity contribution < 1.29 is 8.78 Å². The molecule has 4 rings (SSSR count). The third kappa shape index (κ3) is 4.62. The van der Waals surface area contributed by atoms with Gasteiger partial charge in [0.2, 0.25) is 5.95 Å². The maximum Gasteiger partial charge on any atom is 0.225 e. The Bertz CT molecular complexity index is 969. The molecule has 0 atom stereocenters. The molecule has 1 fully saturated rings. The van der Waals surface area contributed by atoms with Gasteiger partial charge in [0.15, 0.2) is 0 Å². The van der Waals surface area contributed by atoms with Gasteiger partial charge in [-0.25, -0.2) is 13.8 Å². The molecule has 5 nitrogen and oxygen atoms in total. The van der Waals surface area contributed by atoms with E-state index in [1.54, 1.807) is 18.2 Å². The molecule has 2 heterocycles. The molecule has 0 aliphatic carbocycles. The Kier molecular flexibility index (Phi) is 5.55. The molecular formula is C22H23F2N5. The lowest BCUT2D eigenvalue weighted by molar-refractivity contribution is 0.596. The average molecular weight is 395 g/mol. The number of nitrogens with zero attached hydrogens (tertiary/aromatic N) is 4. The van der Waals surface area contributed by atoms with Crippen LogP contribution in [0.3, 0.4) is 0 Å². The maximum atomic E-state index is 14.0. The molecule has 0 unspecified atom stereocenters. The lowest BCUT2D eigenvalue weighted by Gasteiger charge is -2.37. The van der Waals surface area contributed by atoms with Crippen molar-refractivity contribution in [3.63, 3.8) is 0 Å². The van der Waals surface area contributed by atoms with Crippen LogP contribution < -0.4 is 15.1 Å². The van der Waals surface area contributed by atoms with E-state index in [0.29, 0.717) is 18.2 Å². The van der Waals surface area contributed by atoms with Crippen molar-refractivity contribution in [2.24, 2.45) is 0 Å². The van der Waals surface area contributed by atoms with Gasteiger partial charge in [0.05, 0.1) is 5.69 Å². The fourth-order valence-corrected chi connectivity index (χ4v) is 3.46. The highest BCUT2D eigenvalue weighted by Crippen LogP contribution is 2.23. The summed E-state index contributed by atoms with van der Waals surface area (Å²) in [5.41, 5.74) is 2.47. The highest BCUT2D eigenvalue weighted by atomic mass is 19.1. The molecule has 150 valence electrons. The molecular weight excluding hydrogens is 372 g/mol. The van der Waals surface area contributed by atoms with Crippen LogP contribution in [-0.4, -0.2) is 36.1 Å². The summed E-state index contributed by atoms with van der Waals surface area (Å²) in [6.45, 7) is 5.41. The van der Waals surface area contributed by atoms with E-state index in [0.717, 1.165) is 43.3 Å². The number of rotatable bonds is 5. The summed E-state index contributed by atoms with van der Waals surface area (Å²) < 4.78 is 27.1. The monoisotopic (exact) mass is 395 g/mol. The highest BCUT2D eigenvalue weighted by molar-refractivity contribution is 5.51. The van der Waals surface area contributed by atoms with Crippen molar-refractivity contribution >= 4 is 17.5 Å². The summed E-state index contributed by atoms with van der Waals surface area (Å²) in [6, 6.07) is 15.2. The van der Waals surface area contributed by atoms with Crippen LogP contribution in [-0.2, 0) is 6.54 Å². The summed E-state index contributed by atoms with van der Waals surface area (Å²) in [6.07, 6.45) is 0. The van der Waals surface area contributed by atoms with Crippen LogP contribution in [0.25, 0.3) is 0 Å². The Morgan fingerprint density at radius 1 is 0.897 bits per heavy atom. The molecule has 0 saturated carbocycles. The molecule has 29 heavy (non-hydrogen) atoms. The number of halogens is 2. The van der Waals surface area contributed by atoms with Crippen LogP contribution in [0.1, 0.15) is 11.3 Å². The Morgan fingerprint density at radius 3 is 2.31 bits per heavy atom. The van der Waals surface area contributed by atoms with Gasteiger partial charge in [0.25, 0.3) is 0 Å². The lowest BCUT2D eigenvalue weighted by Crippen LogP contribution is -2.47. The normalized spacial score (nSPS) is 14.2. The second-order valence-corrected chi connectivity index (χ2v) is 7.10. The van der Waals surface area contributed by atoms with Crippen LogP contribution in [0.2, 0.25) is 0 Å². The Morgan fingerprint density at radius 2 is 1.59 bits per heavy atom. The number of hydrogen-bond acceptors (Lipinski definition) is 5. The fourth-order valence-electron chi connectivity index (χ4n) is 3.46. The van der Waals surface area contributed by atoms with Gasteiger partial charge in [-0.3, -0.25) is 0 Å². The molecule has 7 heteroatoms. The first-order valence-electron chi connectivity index (χ1n) is 9.67. The number of nitrogens with one attached hydrogen (secondary N) is 1. The zero-order valence-corrected chi connectivity index (χ0v) is 16.3. The molecule has 3 aromatic rings. The van der Waals surface area contributed by atoms with Crippen molar-refractivity contribution in [1.82, 2.24) is 9.97 Å². The summed E-state index contributed by atoms with van der Waals surface area (Å²) >= 11 is 0. The van der Waals surface area contributed by atoms with Gasteiger partial charge in [0, 0.05) is 44.5 Å². The quantitative estimate of drug-likeness (QED) is 0.707. The van der Waals surface area contributed by atoms with Crippen molar-refractivity contribution in [3.8, 4) is 0 Å². The van der Waals surface area contributed by atoms with Crippen LogP contribution in [0.4, 0.5) is 26.2 Å². The minimum atomic E-state index is -0.252.